The van der Waals surface area contributed by atoms with Crippen LogP contribution < -0.4 is 0 Å². The predicted molar refractivity (Wildman–Crippen MR) is 115 cm³/mol. The molecule has 1 saturated heterocycles. The second-order valence-electron chi connectivity index (χ2n) is 7.67. The number of sulfone groups is 2. The van der Waals surface area contributed by atoms with E-state index in [1.54, 1.807) is 13.8 Å². The molecule has 2 aromatic rings. The highest BCUT2D eigenvalue weighted by Crippen LogP contribution is 2.28. The predicted octanol–water partition coefficient (Wildman–Crippen LogP) is 2.25. The van der Waals surface area contributed by atoms with Crippen LogP contribution >= 0.6 is 0 Å². The number of hydrogen-bond acceptors (Lipinski definition) is 6. The number of nitrogens with zero attached hydrogens (tertiary/aromatic N) is 1. The summed E-state index contributed by atoms with van der Waals surface area (Å²) >= 11 is 0. The second kappa shape index (κ2) is 8.41. The van der Waals surface area contributed by atoms with Crippen LogP contribution in [-0.2, 0) is 36.2 Å². The van der Waals surface area contributed by atoms with Gasteiger partial charge in [-0.15, -0.1) is 0 Å². The van der Waals surface area contributed by atoms with Gasteiger partial charge in [0.15, 0.2) is 19.7 Å². The minimum atomic E-state index is -3.98. The Morgan fingerprint density at radius 3 is 2.17 bits per heavy atom. The fourth-order valence-electron chi connectivity index (χ4n) is 3.45. The van der Waals surface area contributed by atoms with Crippen LogP contribution in [0.5, 0.6) is 0 Å². The van der Waals surface area contributed by atoms with Crippen molar-refractivity contribution in [3.05, 3.63) is 60.2 Å². The van der Waals surface area contributed by atoms with Crippen LogP contribution in [0.3, 0.4) is 0 Å². The summed E-state index contributed by atoms with van der Waals surface area (Å²) in [7, 11) is -11.3. The van der Waals surface area contributed by atoms with E-state index >= 15 is 0 Å². The molecule has 0 amide bonds. The van der Waals surface area contributed by atoms with Gasteiger partial charge >= 0.3 is 0 Å². The summed E-state index contributed by atoms with van der Waals surface area (Å²) in [6.45, 7) is 3.66. The molecule has 1 fully saturated rings. The molecule has 0 unspecified atom stereocenters. The molecular formula is C20H25NO6S3. The zero-order valence-electron chi connectivity index (χ0n) is 16.8. The maximum absolute atomic E-state index is 13.3. The molecule has 10 heteroatoms. The lowest BCUT2D eigenvalue weighted by Crippen LogP contribution is -2.36. The molecular weight excluding hydrogens is 446 g/mol. The molecule has 0 aliphatic carbocycles. The summed E-state index contributed by atoms with van der Waals surface area (Å²) in [4.78, 5) is -0.303. The molecule has 0 N–H and O–H groups in total. The van der Waals surface area contributed by atoms with Crippen LogP contribution in [0, 0.1) is 0 Å². The van der Waals surface area contributed by atoms with Crippen molar-refractivity contribution in [2.75, 3.05) is 11.5 Å². The first kappa shape index (κ1) is 22.9. The first-order chi connectivity index (χ1) is 13.9. The number of hydrogen-bond donors (Lipinski definition) is 0. The van der Waals surface area contributed by atoms with Crippen molar-refractivity contribution >= 4 is 29.7 Å². The van der Waals surface area contributed by atoms with Gasteiger partial charge in [0.2, 0.25) is 10.0 Å². The van der Waals surface area contributed by atoms with Crippen LogP contribution in [-0.4, -0.2) is 52.4 Å². The Kier molecular flexibility index (Phi) is 6.43. The first-order valence-corrected chi connectivity index (χ1v) is 14.3. The van der Waals surface area contributed by atoms with E-state index in [4.69, 9.17) is 0 Å². The topological polar surface area (TPSA) is 106 Å². The van der Waals surface area contributed by atoms with Gasteiger partial charge in [-0.3, -0.25) is 0 Å². The molecule has 0 spiro atoms. The van der Waals surface area contributed by atoms with Crippen molar-refractivity contribution in [2.45, 2.75) is 47.9 Å². The lowest BCUT2D eigenvalue weighted by molar-refractivity contribution is 0.348. The molecule has 30 heavy (non-hydrogen) atoms. The number of rotatable bonds is 7. The first-order valence-electron chi connectivity index (χ1n) is 9.54. The van der Waals surface area contributed by atoms with E-state index in [9.17, 15) is 25.3 Å². The lowest BCUT2D eigenvalue weighted by Gasteiger charge is -2.26. The third-order valence-corrected chi connectivity index (χ3v) is 11.3. The quantitative estimate of drug-likeness (QED) is 0.613. The van der Waals surface area contributed by atoms with Crippen molar-refractivity contribution in [1.82, 2.24) is 4.31 Å². The van der Waals surface area contributed by atoms with Gasteiger partial charge in [0.05, 0.1) is 26.5 Å². The van der Waals surface area contributed by atoms with Crippen molar-refractivity contribution in [3.8, 4) is 0 Å². The molecule has 0 radical (unpaired) electrons. The van der Waals surface area contributed by atoms with E-state index in [1.807, 2.05) is 30.3 Å². The highest BCUT2D eigenvalue weighted by molar-refractivity contribution is 7.96. The average Bonchev–Trinajstić information content (AvgIpc) is 3.07. The van der Waals surface area contributed by atoms with E-state index in [-0.39, 0.29) is 34.6 Å². The van der Waals surface area contributed by atoms with Crippen molar-refractivity contribution in [1.29, 1.82) is 0 Å². The Labute approximate surface area is 178 Å². The molecule has 0 bridgehead atoms. The van der Waals surface area contributed by atoms with Crippen molar-refractivity contribution < 1.29 is 25.3 Å². The largest absolute Gasteiger partial charge is 0.243 e. The lowest BCUT2D eigenvalue weighted by atomic mass is 10.2. The molecule has 7 nitrogen and oxygen atoms in total. The van der Waals surface area contributed by atoms with Gasteiger partial charge in [-0.25, -0.2) is 25.3 Å². The molecule has 0 saturated carbocycles. The summed E-state index contributed by atoms with van der Waals surface area (Å²) in [5, 5.41) is -1.05. The third kappa shape index (κ3) is 4.77. The van der Waals surface area contributed by atoms with E-state index in [0.717, 1.165) is 11.6 Å². The minimum Gasteiger partial charge on any atom is -0.229 e. The fraction of sp³-hybridized carbons (Fsp3) is 0.400. The average molecular weight is 472 g/mol. The van der Waals surface area contributed by atoms with Gasteiger partial charge in [-0.05, 0) is 44.0 Å². The Bertz CT molecular complexity index is 1220. The van der Waals surface area contributed by atoms with Gasteiger partial charge in [0, 0.05) is 12.6 Å². The summed E-state index contributed by atoms with van der Waals surface area (Å²) in [6.07, 6.45) is 0.0216. The standard InChI is InChI=1S/C20H25NO6S3/c1-16(2)21(14-17-7-4-3-5-8-17)30(26,27)19-10-6-9-18(13-19)29(24,25)20-11-12-28(22,23)15-20/h3-10,13,16,20H,11-12,14-15H2,1-2H3/t20-/m0/s1. The molecule has 164 valence electrons. The maximum Gasteiger partial charge on any atom is 0.243 e. The van der Waals surface area contributed by atoms with E-state index in [0.29, 0.717) is 0 Å². The second-order valence-corrected chi connectivity index (χ2v) is 14.0. The van der Waals surface area contributed by atoms with Crippen molar-refractivity contribution in [2.24, 2.45) is 0 Å². The number of sulfonamides is 1. The molecule has 1 aliphatic rings. The highest BCUT2D eigenvalue weighted by atomic mass is 32.2. The molecule has 3 rings (SSSR count). The SMILES string of the molecule is CC(C)N(Cc1ccccc1)S(=O)(=O)c1cccc(S(=O)(=O)[C@H]2CCS(=O)(=O)C2)c1. The van der Waals surface area contributed by atoms with Gasteiger partial charge in [-0.1, -0.05) is 36.4 Å². The third-order valence-electron chi connectivity index (χ3n) is 5.13. The van der Waals surface area contributed by atoms with E-state index in [2.05, 4.69) is 0 Å². The Hall–Kier alpha value is -1.75. The van der Waals surface area contributed by atoms with Gasteiger partial charge in [0.1, 0.15) is 0 Å². The summed E-state index contributed by atoms with van der Waals surface area (Å²) in [5.74, 6) is -0.606. The molecule has 2 aromatic carbocycles. The Balaban J connectivity index is 1.97. The number of benzene rings is 2. The van der Waals surface area contributed by atoms with Gasteiger partial charge < -0.3 is 0 Å². The Morgan fingerprint density at radius 1 is 0.967 bits per heavy atom. The van der Waals surface area contributed by atoms with Crippen LogP contribution in [0.2, 0.25) is 0 Å². The monoisotopic (exact) mass is 471 g/mol. The molecule has 1 aliphatic heterocycles. The van der Waals surface area contributed by atoms with Gasteiger partial charge in [0.25, 0.3) is 0 Å². The normalized spacial score (nSPS) is 19.4. The molecule has 1 heterocycles. The zero-order chi connectivity index (χ0) is 22.2. The van der Waals surface area contributed by atoms with Gasteiger partial charge in [-0.2, -0.15) is 4.31 Å². The maximum atomic E-state index is 13.3. The summed E-state index contributed by atoms with van der Waals surface area (Å²) in [6, 6.07) is 14.0. The van der Waals surface area contributed by atoms with Crippen LogP contribution in [0.15, 0.2) is 64.4 Å². The van der Waals surface area contributed by atoms with E-state index in [1.165, 1.54) is 22.5 Å². The highest BCUT2D eigenvalue weighted by Gasteiger charge is 2.38. The summed E-state index contributed by atoms with van der Waals surface area (Å²) in [5.41, 5.74) is 0.815. The van der Waals surface area contributed by atoms with Crippen LogP contribution in [0.1, 0.15) is 25.8 Å². The van der Waals surface area contributed by atoms with Crippen LogP contribution in [0.25, 0.3) is 0 Å². The summed E-state index contributed by atoms with van der Waals surface area (Å²) < 4.78 is 77.2. The molecule has 0 aromatic heterocycles. The zero-order valence-corrected chi connectivity index (χ0v) is 19.3. The Morgan fingerprint density at radius 2 is 1.60 bits per heavy atom. The minimum absolute atomic E-state index is 0.0216. The van der Waals surface area contributed by atoms with E-state index < -0.39 is 40.7 Å². The van der Waals surface area contributed by atoms with Crippen molar-refractivity contribution in [3.63, 3.8) is 0 Å². The fourth-order valence-corrected chi connectivity index (χ4v) is 9.60. The molecule has 1 atom stereocenters. The van der Waals surface area contributed by atoms with Crippen LogP contribution in [0.4, 0.5) is 0 Å². The smallest absolute Gasteiger partial charge is 0.229 e.